The van der Waals surface area contributed by atoms with Gasteiger partial charge in [0.2, 0.25) is 34.6 Å². The van der Waals surface area contributed by atoms with E-state index in [1.165, 1.54) is 66.7 Å². The molecule has 3 heterocycles. The van der Waals surface area contributed by atoms with Crippen LogP contribution in [0.5, 0.6) is 0 Å². The highest BCUT2D eigenvalue weighted by molar-refractivity contribution is 6.45. The Hall–Kier alpha value is -10.6. The average molecular weight is 1590 g/mol. The van der Waals surface area contributed by atoms with Gasteiger partial charge in [-0.1, -0.05) is 109 Å². The molecule has 3 aliphatic heterocycles. The van der Waals surface area contributed by atoms with E-state index in [1.54, 1.807) is 54.6 Å². The first-order chi connectivity index (χ1) is 53.7. The number of carbonyl (C=O) groups excluding carboxylic acids is 6. The van der Waals surface area contributed by atoms with Gasteiger partial charge < -0.3 is 126 Å². The lowest BCUT2D eigenvalue weighted by atomic mass is 9.81. The third-order valence-corrected chi connectivity index (χ3v) is 19.0. The molecule has 39 nitrogen and oxygen atoms in total. The van der Waals surface area contributed by atoms with Crippen molar-refractivity contribution in [2.45, 2.75) is 137 Å². The summed E-state index contributed by atoms with van der Waals surface area (Å²) in [7, 11) is 0. The van der Waals surface area contributed by atoms with Crippen molar-refractivity contribution in [1.82, 2.24) is 29.4 Å². The third kappa shape index (κ3) is 22.8. The van der Waals surface area contributed by atoms with Crippen molar-refractivity contribution in [2.75, 3.05) is 83.6 Å². The molecule has 0 fully saturated rings. The van der Waals surface area contributed by atoms with Crippen LogP contribution in [0, 0.1) is 0 Å². The quantitative estimate of drug-likeness (QED) is 0.0196. The van der Waals surface area contributed by atoms with Gasteiger partial charge in [-0.2, -0.15) is 0 Å². The molecular formula is C74H93N7O32. The molecule has 0 bridgehead atoms. The smallest absolute Gasteiger partial charge is 0.413 e. The molecule has 113 heavy (non-hydrogen) atoms. The molecule has 12 unspecified atom stereocenters. The van der Waals surface area contributed by atoms with Crippen LogP contribution in [0.4, 0.5) is 24.9 Å². The van der Waals surface area contributed by atoms with Gasteiger partial charge in [-0.15, -0.1) is 0 Å². The van der Waals surface area contributed by atoms with Crippen LogP contribution in [0.25, 0.3) is 0 Å². The number of hydrogen-bond donors (Lipinski definition) is 19. The van der Waals surface area contributed by atoms with E-state index in [0.29, 0.717) is 31.4 Å². The summed E-state index contributed by atoms with van der Waals surface area (Å²) >= 11 is 0. The van der Waals surface area contributed by atoms with Crippen LogP contribution in [0.15, 0.2) is 156 Å². The zero-order chi connectivity index (χ0) is 83.1. The minimum atomic E-state index is -2.35. The summed E-state index contributed by atoms with van der Waals surface area (Å²) < 4.78 is 17.9. The molecule has 19 N–H and O–H groups in total. The SMILES string of the molecule is O=C1CN(CC(O)C(O)C(O)C(O)CO)C(N(CCCC(CCCN(C(=O)O)C2=C(OCc3ccccc3)C(=O)C(=O)CN2CC(O)C(O)C(O)C(O)CO)(CCCN(C(=O)O)C2=C(OCc3ccccc3)C(=O)C(=O)CN2CC(O)C(O)C(O)C(O)CO)N(C(=O)O)c2ccccc2)C(=O)O)=C(OCc2ccccc2)C1=O. The van der Waals surface area contributed by atoms with E-state index in [-0.39, 0.29) is 5.69 Å². The molecule has 4 aromatic rings. The second-order valence-corrected chi connectivity index (χ2v) is 26.9. The average Bonchev–Trinajstić information content (AvgIpc) is 0.791. The number of carboxylic acid groups (broad SMARTS) is 4. The molecule has 0 aliphatic carbocycles. The Morgan fingerprint density at radius 2 is 0.593 bits per heavy atom. The number of Topliss-reactive ketones (excluding diaryl/α,β-unsaturated/α-hetero) is 6. The number of ether oxygens (including phenoxy) is 3. The summed E-state index contributed by atoms with van der Waals surface area (Å²) in [5, 5.41) is 205. The predicted molar refractivity (Wildman–Crippen MR) is 384 cm³/mol. The highest BCUT2D eigenvalue weighted by Crippen LogP contribution is 2.40. The minimum absolute atomic E-state index is 0.186. The lowest BCUT2D eigenvalue weighted by molar-refractivity contribution is -0.140. The van der Waals surface area contributed by atoms with Crippen LogP contribution in [0.1, 0.15) is 55.2 Å². The van der Waals surface area contributed by atoms with Crippen molar-refractivity contribution in [3.63, 3.8) is 0 Å². The number of nitrogens with zero attached hydrogens (tertiary/aromatic N) is 7. The second kappa shape index (κ2) is 41.8. The van der Waals surface area contributed by atoms with Gasteiger partial charge in [0.25, 0.3) is 17.3 Å². The maximum atomic E-state index is 14.6. The summed E-state index contributed by atoms with van der Waals surface area (Å²) in [4.78, 5) is 145. The van der Waals surface area contributed by atoms with Gasteiger partial charge in [0.15, 0.2) is 17.5 Å². The number of amides is 4. The highest BCUT2D eigenvalue weighted by Gasteiger charge is 2.48. The van der Waals surface area contributed by atoms with E-state index in [9.17, 15) is 145 Å². The Balaban J connectivity index is 1.43. The molecule has 0 aromatic heterocycles. The van der Waals surface area contributed by atoms with E-state index >= 15 is 0 Å². The topological polar surface area (TPSA) is 605 Å². The molecule has 4 aromatic carbocycles. The Morgan fingerprint density at radius 3 is 0.823 bits per heavy atom. The number of carbonyl (C=O) groups is 10. The number of β-amino-alcohol motifs (C(OH)–C–C–N with tert-alkyl or cyclic N) is 3. The predicted octanol–water partition coefficient (Wildman–Crippen LogP) is -2.98. The van der Waals surface area contributed by atoms with Crippen molar-refractivity contribution in [2.24, 2.45) is 0 Å². The molecule has 3 aliphatic rings. The fraction of sp³-hybridized carbons (Fsp3) is 0.459. The van der Waals surface area contributed by atoms with Crippen LogP contribution >= 0.6 is 0 Å². The molecule has 7 rings (SSSR count). The van der Waals surface area contributed by atoms with Crippen molar-refractivity contribution in [3.8, 4) is 0 Å². The molecule has 12 atom stereocenters. The summed E-state index contributed by atoms with van der Waals surface area (Å²) in [5.41, 5.74) is -1.37. The molecule has 0 spiro atoms. The Bertz CT molecular complexity index is 3670. The van der Waals surface area contributed by atoms with Crippen LogP contribution in [-0.2, 0) is 62.8 Å². The van der Waals surface area contributed by atoms with Crippen molar-refractivity contribution >= 4 is 64.8 Å². The largest absolute Gasteiger partial charge is 0.481 e. The number of hydrogen-bond acceptors (Lipinski definition) is 31. The number of para-hydroxylation sites is 1. The van der Waals surface area contributed by atoms with Gasteiger partial charge in [-0.05, 0) is 67.3 Å². The second-order valence-electron chi connectivity index (χ2n) is 26.9. The lowest BCUT2D eigenvalue weighted by Gasteiger charge is -2.45. The van der Waals surface area contributed by atoms with Gasteiger partial charge >= 0.3 is 24.4 Å². The Kier molecular flexibility index (Phi) is 33.1. The van der Waals surface area contributed by atoms with E-state index < -0.39 is 310 Å². The standard InChI is InChI=1S/C74H93N7O32/c82-36-52(91)58(97)55(94)46(85)30-75-33-49(88)61(100)64(111-39-42-16-5-1-6-17-42)67(75)78(70(103)104)27-13-24-74(81(73(109)110)45-22-11-4-12-23-45,25-14-28-79(71(105)106)68-65(112-40-43-18-7-2-8-19-43)62(101)50(89)34-76(68)31-47(86)56(95)59(98)53(92)37-83)26-15-29-80(72(107)108)69-66(113-41-44-20-9-3-10-21-44)63(102)51(90)35-77(69)32-48(87)57(96)60(99)54(93)38-84/h1-12,16-23,46-48,52-60,82-87,91-99H,13-15,24-41H2,(H,103,104)(H,105,106)(H,107,108)(H,109,110). The van der Waals surface area contributed by atoms with Gasteiger partial charge in [-0.25, -0.2) is 19.2 Å². The summed E-state index contributed by atoms with van der Waals surface area (Å²) in [6, 6.07) is 30.3. The molecule has 0 saturated heterocycles. The van der Waals surface area contributed by atoms with E-state index in [0.717, 1.165) is 19.6 Å². The molecule has 0 radical (unpaired) electrons. The van der Waals surface area contributed by atoms with E-state index in [2.05, 4.69) is 0 Å². The van der Waals surface area contributed by atoms with Crippen LogP contribution in [-0.4, -0.2) is 343 Å². The van der Waals surface area contributed by atoms with Gasteiger partial charge in [-0.3, -0.25) is 48.4 Å². The van der Waals surface area contributed by atoms with Gasteiger partial charge in [0.05, 0.1) is 45.0 Å². The molecule has 0 saturated carbocycles. The first-order valence-corrected chi connectivity index (χ1v) is 35.5. The summed E-state index contributed by atoms with van der Waals surface area (Å²) in [5.74, 6) is -13.3. The highest BCUT2D eigenvalue weighted by atomic mass is 16.5. The van der Waals surface area contributed by atoms with Crippen molar-refractivity contribution in [1.29, 1.82) is 0 Å². The zero-order valence-corrected chi connectivity index (χ0v) is 60.8. The van der Waals surface area contributed by atoms with E-state index in [4.69, 9.17) is 14.2 Å². The monoisotopic (exact) mass is 1590 g/mol. The number of aliphatic hydroxyl groups is 15. The number of allylic oxidation sites excluding steroid dienone is 3. The number of ketones is 6. The first kappa shape index (κ1) is 89.6. The molecule has 616 valence electrons. The minimum Gasteiger partial charge on any atom is -0.481 e. The normalized spacial score (nSPS) is 18.1. The third-order valence-electron chi connectivity index (χ3n) is 19.0. The number of rotatable bonds is 44. The summed E-state index contributed by atoms with van der Waals surface area (Å²) in [6.07, 6.45) is -38.5. The van der Waals surface area contributed by atoms with Crippen LogP contribution < -0.4 is 4.90 Å². The maximum absolute atomic E-state index is 14.6. The fourth-order valence-corrected chi connectivity index (χ4v) is 13.1. The maximum Gasteiger partial charge on any atom is 0.413 e. The van der Waals surface area contributed by atoms with E-state index in [1.807, 2.05) is 0 Å². The molecule has 39 heteroatoms. The van der Waals surface area contributed by atoms with Gasteiger partial charge in [0.1, 0.15) is 93.1 Å². The Labute approximate surface area is 644 Å². The van der Waals surface area contributed by atoms with Crippen molar-refractivity contribution in [3.05, 3.63) is 173 Å². The fourth-order valence-electron chi connectivity index (χ4n) is 13.1. The molecule has 4 amide bonds. The number of anilines is 1. The van der Waals surface area contributed by atoms with Crippen LogP contribution in [0.2, 0.25) is 0 Å². The van der Waals surface area contributed by atoms with Crippen molar-refractivity contribution < 1.29 is 159 Å². The van der Waals surface area contributed by atoms with Crippen LogP contribution in [0.3, 0.4) is 0 Å². The zero-order valence-electron chi connectivity index (χ0n) is 60.8. The number of benzene rings is 4. The first-order valence-electron chi connectivity index (χ1n) is 35.5. The summed E-state index contributed by atoms with van der Waals surface area (Å²) in [6.45, 7) is -14.1. The lowest BCUT2D eigenvalue weighted by Crippen LogP contribution is -2.55. The van der Waals surface area contributed by atoms with Gasteiger partial charge in [0, 0.05) is 45.0 Å². The number of aliphatic hydroxyl groups excluding tert-OH is 15. The Morgan fingerprint density at radius 1 is 0.354 bits per heavy atom. The molecular weight excluding hydrogens is 1500 g/mol.